The second-order valence-electron chi connectivity index (χ2n) is 5.55. The fourth-order valence-corrected chi connectivity index (χ4v) is 4.11. The average Bonchev–Trinajstić information content (AvgIpc) is 3.06. The van der Waals surface area contributed by atoms with Crippen molar-refractivity contribution in [2.45, 2.75) is 24.4 Å². The van der Waals surface area contributed by atoms with Gasteiger partial charge in [-0.2, -0.15) is 11.8 Å². The predicted octanol–water partition coefficient (Wildman–Crippen LogP) is 2.32. The van der Waals surface area contributed by atoms with E-state index in [1.54, 1.807) is 28.1 Å². The normalized spacial score (nSPS) is 12.9. The standard InChI is InChI=1S/C17H19N3O2S2/c1-12-2-4-13(5-3-12)11-23-8-6-18-15(21)14-10-19-17-20(16(14)22)7-9-24-17/h2-5,10H,6-9,11H2,1H3,(H,18,21). The zero-order valence-corrected chi connectivity index (χ0v) is 15.1. The summed E-state index contributed by atoms with van der Waals surface area (Å²) in [4.78, 5) is 28.6. The summed E-state index contributed by atoms with van der Waals surface area (Å²) >= 11 is 3.30. The van der Waals surface area contributed by atoms with E-state index in [2.05, 4.69) is 41.5 Å². The van der Waals surface area contributed by atoms with Crippen LogP contribution in [0.4, 0.5) is 0 Å². The van der Waals surface area contributed by atoms with Crippen LogP contribution >= 0.6 is 23.5 Å². The Balaban J connectivity index is 1.46. The van der Waals surface area contributed by atoms with Gasteiger partial charge in [0.05, 0.1) is 0 Å². The lowest BCUT2D eigenvalue weighted by Gasteiger charge is -2.07. The van der Waals surface area contributed by atoms with Crippen molar-refractivity contribution in [2.75, 3.05) is 18.1 Å². The molecule has 0 radical (unpaired) electrons. The predicted molar refractivity (Wildman–Crippen MR) is 98.9 cm³/mol. The van der Waals surface area contributed by atoms with Gasteiger partial charge in [-0.05, 0) is 12.5 Å². The molecule has 0 atom stereocenters. The summed E-state index contributed by atoms with van der Waals surface area (Å²) in [5.41, 5.74) is 2.42. The first-order valence-corrected chi connectivity index (χ1v) is 9.93. The smallest absolute Gasteiger partial charge is 0.267 e. The summed E-state index contributed by atoms with van der Waals surface area (Å²) in [6.07, 6.45) is 1.39. The number of thioether (sulfide) groups is 2. The number of nitrogens with zero attached hydrogens (tertiary/aromatic N) is 2. The molecule has 2 heterocycles. The van der Waals surface area contributed by atoms with E-state index in [1.165, 1.54) is 17.3 Å². The van der Waals surface area contributed by atoms with Crippen molar-refractivity contribution in [2.24, 2.45) is 0 Å². The molecule has 0 aliphatic carbocycles. The van der Waals surface area contributed by atoms with E-state index in [0.29, 0.717) is 18.2 Å². The van der Waals surface area contributed by atoms with Gasteiger partial charge in [-0.1, -0.05) is 41.6 Å². The molecule has 126 valence electrons. The Morgan fingerprint density at radius 3 is 2.96 bits per heavy atom. The number of fused-ring (bicyclic) bond motifs is 1. The van der Waals surface area contributed by atoms with Crippen LogP contribution in [-0.2, 0) is 12.3 Å². The number of nitrogens with one attached hydrogen (secondary N) is 1. The lowest BCUT2D eigenvalue weighted by atomic mass is 10.2. The lowest BCUT2D eigenvalue weighted by Crippen LogP contribution is -2.34. The first kappa shape index (κ1) is 17.1. The van der Waals surface area contributed by atoms with Gasteiger partial charge in [0.25, 0.3) is 11.5 Å². The first-order chi connectivity index (χ1) is 11.6. The number of hydrogen-bond acceptors (Lipinski definition) is 5. The molecule has 1 aliphatic heterocycles. The third kappa shape index (κ3) is 4.02. The molecule has 1 aromatic carbocycles. The second kappa shape index (κ2) is 7.90. The van der Waals surface area contributed by atoms with E-state index in [9.17, 15) is 9.59 Å². The molecule has 0 unspecified atom stereocenters. The zero-order chi connectivity index (χ0) is 16.9. The van der Waals surface area contributed by atoms with Gasteiger partial charge in [0.15, 0.2) is 5.16 Å². The molecule has 24 heavy (non-hydrogen) atoms. The molecule has 1 N–H and O–H groups in total. The third-order valence-electron chi connectivity index (χ3n) is 3.72. The molecule has 0 saturated heterocycles. The van der Waals surface area contributed by atoms with Crippen LogP contribution in [0.1, 0.15) is 21.5 Å². The van der Waals surface area contributed by atoms with E-state index >= 15 is 0 Å². The van der Waals surface area contributed by atoms with Crippen LogP contribution in [0.25, 0.3) is 0 Å². The van der Waals surface area contributed by atoms with Gasteiger partial charge in [0, 0.05) is 36.5 Å². The minimum atomic E-state index is -0.337. The molecule has 2 aromatic rings. The summed E-state index contributed by atoms with van der Waals surface area (Å²) < 4.78 is 1.58. The maximum absolute atomic E-state index is 12.2. The number of carbonyl (C=O) groups is 1. The summed E-state index contributed by atoms with van der Waals surface area (Å²) in [5, 5.41) is 3.51. The molecule has 3 rings (SSSR count). The fraction of sp³-hybridized carbons (Fsp3) is 0.353. The number of aryl methyl sites for hydroxylation is 1. The molecule has 1 amide bonds. The van der Waals surface area contributed by atoms with Crippen molar-refractivity contribution in [1.82, 2.24) is 14.9 Å². The minimum absolute atomic E-state index is 0.129. The maximum Gasteiger partial charge on any atom is 0.267 e. The van der Waals surface area contributed by atoms with Crippen molar-refractivity contribution < 1.29 is 4.79 Å². The highest BCUT2D eigenvalue weighted by Gasteiger charge is 2.19. The Morgan fingerprint density at radius 1 is 1.38 bits per heavy atom. The van der Waals surface area contributed by atoms with Crippen molar-refractivity contribution >= 4 is 29.4 Å². The third-order valence-corrected chi connectivity index (χ3v) is 5.72. The average molecular weight is 361 g/mol. The van der Waals surface area contributed by atoms with E-state index in [-0.39, 0.29) is 17.0 Å². The lowest BCUT2D eigenvalue weighted by molar-refractivity contribution is 0.0953. The Labute approximate surface area is 149 Å². The highest BCUT2D eigenvalue weighted by atomic mass is 32.2. The van der Waals surface area contributed by atoms with Crippen molar-refractivity contribution in [1.29, 1.82) is 0 Å². The zero-order valence-electron chi connectivity index (χ0n) is 13.4. The molecule has 0 fully saturated rings. The van der Waals surface area contributed by atoms with E-state index in [4.69, 9.17) is 0 Å². The second-order valence-corrected chi connectivity index (χ2v) is 7.72. The molecule has 0 bridgehead atoms. The van der Waals surface area contributed by atoms with Gasteiger partial charge < -0.3 is 5.32 Å². The van der Waals surface area contributed by atoms with Gasteiger partial charge >= 0.3 is 0 Å². The first-order valence-electron chi connectivity index (χ1n) is 7.79. The molecule has 0 spiro atoms. The molecule has 5 nitrogen and oxygen atoms in total. The Hall–Kier alpha value is -1.73. The van der Waals surface area contributed by atoms with Crippen LogP contribution in [-0.4, -0.2) is 33.5 Å². The van der Waals surface area contributed by atoms with Crippen LogP contribution < -0.4 is 10.9 Å². The largest absolute Gasteiger partial charge is 0.351 e. The van der Waals surface area contributed by atoms with Gasteiger partial charge in [0.2, 0.25) is 0 Å². The number of benzene rings is 1. The van der Waals surface area contributed by atoms with Gasteiger partial charge in [-0.3, -0.25) is 14.2 Å². The Kier molecular flexibility index (Phi) is 5.63. The van der Waals surface area contributed by atoms with Crippen molar-refractivity contribution in [3.05, 3.63) is 57.5 Å². The SMILES string of the molecule is Cc1ccc(CSCCNC(=O)c2cnc3n(c2=O)CCS3)cc1. The molecule has 1 aromatic heterocycles. The minimum Gasteiger partial charge on any atom is -0.351 e. The fourth-order valence-electron chi connectivity index (χ4n) is 2.38. The van der Waals surface area contributed by atoms with Crippen LogP contribution in [0.2, 0.25) is 0 Å². The highest BCUT2D eigenvalue weighted by molar-refractivity contribution is 7.99. The van der Waals surface area contributed by atoms with Crippen LogP contribution in [0, 0.1) is 6.92 Å². The summed E-state index contributed by atoms with van der Waals surface area (Å²) in [6, 6.07) is 8.45. The van der Waals surface area contributed by atoms with Crippen molar-refractivity contribution in [3.8, 4) is 0 Å². The topological polar surface area (TPSA) is 64.0 Å². The number of carbonyl (C=O) groups excluding carboxylic acids is 1. The van der Waals surface area contributed by atoms with Crippen LogP contribution in [0.3, 0.4) is 0 Å². The van der Waals surface area contributed by atoms with E-state index in [0.717, 1.165) is 17.3 Å². The number of aromatic nitrogens is 2. The monoisotopic (exact) mass is 361 g/mol. The molecule has 1 aliphatic rings. The molecular weight excluding hydrogens is 342 g/mol. The van der Waals surface area contributed by atoms with Crippen LogP contribution in [0.5, 0.6) is 0 Å². The van der Waals surface area contributed by atoms with Crippen LogP contribution in [0.15, 0.2) is 40.4 Å². The summed E-state index contributed by atoms with van der Waals surface area (Å²) in [5.74, 6) is 2.21. The number of rotatable bonds is 6. The van der Waals surface area contributed by atoms with E-state index < -0.39 is 0 Å². The van der Waals surface area contributed by atoms with E-state index in [1.807, 2.05) is 0 Å². The molecular formula is C17H19N3O2S2. The quantitative estimate of drug-likeness (QED) is 0.632. The highest BCUT2D eigenvalue weighted by Crippen LogP contribution is 2.20. The number of amides is 1. The Bertz CT molecular complexity index is 787. The van der Waals surface area contributed by atoms with Crippen molar-refractivity contribution in [3.63, 3.8) is 0 Å². The molecule has 0 saturated carbocycles. The van der Waals surface area contributed by atoms with Gasteiger partial charge in [-0.15, -0.1) is 0 Å². The number of hydrogen-bond donors (Lipinski definition) is 1. The maximum atomic E-state index is 12.2. The molecule has 7 heteroatoms. The summed E-state index contributed by atoms with van der Waals surface area (Å²) in [7, 11) is 0. The van der Waals surface area contributed by atoms with Gasteiger partial charge in [-0.25, -0.2) is 4.98 Å². The Morgan fingerprint density at radius 2 is 2.17 bits per heavy atom. The van der Waals surface area contributed by atoms with Gasteiger partial charge in [0.1, 0.15) is 5.56 Å². The summed E-state index contributed by atoms with van der Waals surface area (Å²) in [6.45, 7) is 3.23.